The van der Waals surface area contributed by atoms with Crippen LogP contribution in [0.5, 0.6) is 0 Å². The van der Waals surface area contributed by atoms with Crippen LogP contribution >= 0.6 is 0 Å². The Hall–Kier alpha value is -0.460. The van der Waals surface area contributed by atoms with E-state index >= 15 is 0 Å². The minimum Gasteiger partial charge on any atom is -0.388 e. The summed E-state index contributed by atoms with van der Waals surface area (Å²) in [7, 11) is 0. The maximum absolute atomic E-state index is 9.83. The predicted octanol–water partition coefficient (Wildman–Crippen LogP) is 1.40. The van der Waals surface area contributed by atoms with E-state index in [0.29, 0.717) is 6.61 Å². The third-order valence-corrected chi connectivity index (χ3v) is 3.81. The van der Waals surface area contributed by atoms with Crippen molar-refractivity contribution >= 4 is 0 Å². The molecule has 5 nitrogen and oxygen atoms in total. The van der Waals surface area contributed by atoms with Crippen LogP contribution in [-0.2, 0) is 9.47 Å². The number of ether oxygens (including phenoxy) is 2. The van der Waals surface area contributed by atoms with E-state index in [1.54, 1.807) is 0 Å². The molecule has 0 unspecified atom stereocenters. The summed E-state index contributed by atoms with van der Waals surface area (Å²) < 4.78 is 10.5. The van der Waals surface area contributed by atoms with Crippen LogP contribution in [0.3, 0.4) is 0 Å². The summed E-state index contributed by atoms with van der Waals surface area (Å²) in [4.78, 5) is 0. The molecule has 0 spiro atoms. The first kappa shape index (κ1) is 18.6. The molecule has 5 heteroatoms. The van der Waals surface area contributed by atoms with E-state index in [1.807, 2.05) is 6.08 Å². The Labute approximate surface area is 127 Å². The van der Waals surface area contributed by atoms with Gasteiger partial charge in [0.25, 0.3) is 0 Å². The fraction of sp³-hybridized carbons (Fsp3) is 0.875. The average Bonchev–Trinajstić information content (AvgIpc) is 2.81. The summed E-state index contributed by atoms with van der Waals surface area (Å²) in [5, 5.41) is 28.8. The molecule has 0 amide bonds. The Kier molecular flexibility index (Phi) is 9.87. The molecule has 1 aliphatic rings. The second kappa shape index (κ2) is 11.2. The van der Waals surface area contributed by atoms with Crippen LogP contribution in [0.15, 0.2) is 12.7 Å². The van der Waals surface area contributed by atoms with E-state index in [9.17, 15) is 15.3 Å². The first-order valence-electron chi connectivity index (χ1n) is 8.01. The van der Waals surface area contributed by atoms with Crippen LogP contribution < -0.4 is 0 Å². The quantitative estimate of drug-likeness (QED) is 0.375. The zero-order chi connectivity index (χ0) is 15.5. The van der Waals surface area contributed by atoms with Gasteiger partial charge in [-0.2, -0.15) is 0 Å². The average molecular weight is 302 g/mol. The lowest BCUT2D eigenvalue weighted by Crippen LogP contribution is -2.40. The van der Waals surface area contributed by atoms with Gasteiger partial charge >= 0.3 is 0 Å². The highest BCUT2D eigenvalue weighted by atomic mass is 16.5. The molecule has 0 aromatic carbocycles. The third-order valence-electron chi connectivity index (χ3n) is 3.81. The topological polar surface area (TPSA) is 79.2 Å². The molecule has 0 aromatic rings. The number of hydrogen-bond donors (Lipinski definition) is 3. The second-order valence-corrected chi connectivity index (χ2v) is 5.70. The van der Waals surface area contributed by atoms with Crippen molar-refractivity contribution in [2.24, 2.45) is 0 Å². The van der Waals surface area contributed by atoms with E-state index in [0.717, 1.165) is 19.3 Å². The molecule has 1 heterocycles. The lowest BCUT2D eigenvalue weighted by atomic mass is 10.1. The number of aliphatic hydroxyl groups is 3. The van der Waals surface area contributed by atoms with Crippen molar-refractivity contribution in [3.8, 4) is 0 Å². The van der Waals surface area contributed by atoms with Crippen molar-refractivity contribution in [3.05, 3.63) is 12.7 Å². The van der Waals surface area contributed by atoms with E-state index < -0.39 is 24.4 Å². The number of unbranched alkanes of at least 4 members (excludes halogenated alkanes) is 6. The molecule has 0 radical (unpaired) electrons. The molecule has 124 valence electrons. The monoisotopic (exact) mass is 302 g/mol. The summed E-state index contributed by atoms with van der Waals surface area (Å²) in [6.45, 7) is 4.51. The van der Waals surface area contributed by atoms with E-state index in [1.165, 1.54) is 25.7 Å². The SMILES string of the molecule is C=CCCCCCCCCOC[C@@H](O)[C@H]1OC[C@H](O)[C@H]1O. The van der Waals surface area contributed by atoms with E-state index in [4.69, 9.17) is 9.47 Å². The maximum Gasteiger partial charge on any atom is 0.114 e. The number of aliphatic hydroxyl groups excluding tert-OH is 3. The van der Waals surface area contributed by atoms with Gasteiger partial charge in [0, 0.05) is 6.61 Å². The van der Waals surface area contributed by atoms with Crippen LogP contribution in [0.4, 0.5) is 0 Å². The van der Waals surface area contributed by atoms with Crippen LogP contribution in [0.1, 0.15) is 44.9 Å². The summed E-state index contributed by atoms with van der Waals surface area (Å²) in [6.07, 6.45) is 6.53. The Bertz CT molecular complexity index is 271. The zero-order valence-electron chi connectivity index (χ0n) is 12.8. The molecule has 21 heavy (non-hydrogen) atoms. The molecule has 1 fully saturated rings. The number of hydrogen-bond acceptors (Lipinski definition) is 5. The van der Waals surface area contributed by atoms with Gasteiger partial charge in [0.15, 0.2) is 0 Å². The summed E-state index contributed by atoms with van der Waals surface area (Å²) >= 11 is 0. The summed E-state index contributed by atoms with van der Waals surface area (Å²) in [6, 6.07) is 0. The highest BCUT2D eigenvalue weighted by Gasteiger charge is 2.39. The molecule has 0 aliphatic carbocycles. The summed E-state index contributed by atoms with van der Waals surface area (Å²) in [5.74, 6) is 0. The van der Waals surface area contributed by atoms with E-state index in [2.05, 4.69) is 6.58 Å². The standard InChI is InChI=1S/C16H30O5/c1-2-3-4-5-6-7-8-9-10-20-11-14(18)16-15(19)13(17)12-21-16/h2,13-19H,1,3-12H2/t13-,14+,15+,16+/m0/s1. The molecular weight excluding hydrogens is 272 g/mol. The molecule has 0 aromatic heterocycles. The van der Waals surface area contributed by atoms with Gasteiger partial charge in [0.05, 0.1) is 13.2 Å². The minimum absolute atomic E-state index is 0.0642. The van der Waals surface area contributed by atoms with Crippen LogP contribution in [0, 0.1) is 0 Å². The van der Waals surface area contributed by atoms with Gasteiger partial charge in [-0.25, -0.2) is 0 Å². The molecule has 3 N–H and O–H groups in total. The second-order valence-electron chi connectivity index (χ2n) is 5.70. The van der Waals surface area contributed by atoms with Crippen LogP contribution in [0.25, 0.3) is 0 Å². The molecule has 1 aliphatic heterocycles. The lowest BCUT2D eigenvalue weighted by molar-refractivity contribution is -0.0813. The highest BCUT2D eigenvalue weighted by Crippen LogP contribution is 2.17. The molecule has 1 saturated heterocycles. The van der Waals surface area contributed by atoms with Crippen molar-refractivity contribution in [1.82, 2.24) is 0 Å². The van der Waals surface area contributed by atoms with Crippen molar-refractivity contribution in [3.63, 3.8) is 0 Å². The fourth-order valence-electron chi connectivity index (χ4n) is 2.46. The van der Waals surface area contributed by atoms with Crippen molar-refractivity contribution in [1.29, 1.82) is 0 Å². The van der Waals surface area contributed by atoms with Crippen molar-refractivity contribution < 1.29 is 24.8 Å². The highest BCUT2D eigenvalue weighted by molar-refractivity contribution is 4.87. The Balaban J connectivity index is 1.91. The molecule has 1 rings (SSSR count). The molecule has 0 saturated carbocycles. The fourth-order valence-corrected chi connectivity index (χ4v) is 2.46. The lowest BCUT2D eigenvalue weighted by Gasteiger charge is -2.20. The number of allylic oxidation sites excluding steroid dienone is 1. The molecular formula is C16H30O5. The maximum atomic E-state index is 9.83. The smallest absolute Gasteiger partial charge is 0.114 e. The Morgan fingerprint density at radius 1 is 1.14 bits per heavy atom. The molecule has 0 bridgehead atoms. The Morgan fingerprint density at radius 3 is 2.43 bits per heavy atom. The van der Waals surface area contributed by atoms with Gasteiger partial charge in [0.2, 0.25) is 0 Å². The zero-order valence-corrected chi connectivity index (χ0v) is 12.8. The van der Waals surface area contributed by atoms with Crippen molar-refractivity contribution in [2.75, 3.05) is 19.8 Å². The van der Waals surface area contributed by atoms with E-state index in [-0.39, 0.29) is 13.2 Å². The number of rotatable bonds is 12. The predicted molar refractivity (Wildman–Crippen MR) is 81.1 cm³/mol. The van der Waals surface area contributed by atoms with Gasteiger partial charge < -0.3 is 24.8 Å². The third kappa shape index (κ3) is 7.38. The van der Waals surface area contributed by atoms with Gasteiger partial charge in [-0.05, 0) is 19.3 Å². The largest absolute Gasteiger partial charge is 0.388 e. The van der Waals surface area contributed by atoms with Crippen LogP contribution in [0.2, 0.25) is 0 Å². The molecule has 4 atom stereocenters. The Morgan fingerprint density at radius 2 is 1.81 bits per heavy atom. The van der Waals surface area contributed by atoms with Crippen molar-refractivity contribution in [2.45, 2.75) is 69.4 Å². The first-order chi connectivity index (χ1) is 10.2. The summed E-state index contributed by atoms with van der Waals surface area (Å²) in [5.41, 5.74) is 0. The van der Waals surface area contributed by atoms with Gasteiger partial charge in [-0.1, -0.05) is 31.8 Å². The minimum atomic E-state index is -1.03. The normalized spacial score (nSPS) is 26.9. The van der Waals surface area contributed by atoms with Gasteiger partial charge in [-0.3, -0.25) is 0 Å². The van der Waals surface area contributed by atoms with Gasteiger partial charge in [-0.15, -0.1) is 6.58 Å². The van der Waals surface area contributed by atoms with Gasteiger partial charge in [0.1, 0.15) is 24.4 Å². The first-order valence-corrected chi connectivity index (χ1v) is 8.01. The van der Waals surface area contributed by atoms with Crippen LogP contribution in [-0.4, -0.2) is 59.6 Å².